The van der Waals surface area contributed by atoms with Crippen LogP contribution in [0.4, 0.5) is 0 Å². The van der Waals surface area contributed by atoms with Crippen LogP contribution in [0.2, 0.25) is 0 Å². The van der Waals surface area contributed by atoms with Gasteiger partial charge in [-0.2, -0.15) is 0 Å². The Morgan fingerprint density at radius 1 is 1.42 bits per heavy atom. The van der Waals surface area contributed by atoms with Crippen LogP contribution in [-0.4, -0.2) is 56.3 Å². The molecule has 9 nitrogen and oxygen atoms in total. The van der Waals surface area contributed by atoms with E-state index in [0.717, 1.165) is 11.3 Å². The Hall–Kier alpha value is -2.94. The summed E-state index contributed by atoms with van der Waals surface area (Å²) in [5.74, 6) is -0.672. The van der Waals surface area contributed by atoms with E-state index in [2.05, 4.69) is 20.5 Å². The van der Waals surface area contributed by atoms with Gasteiger partial charge in [-0.05, 0) is 12.6 Å². The summed E-state index contributed by atoms with van der Waals surface area (Å²) in [4.78, 5) is 28.8. The molecule has 140 valence electrons. The number of esters is 1. The van der Waals surface area contributed by atoms with Crippen molar-refractivity contribution >= 4 is 23.4 Å². The lowest BCUT2D eigenvalue weighted by Gasteiger charge is -2.15. The number of ether oxygens (including phenoxy) is 1. The highest BCUT2D eigenvalue weighted by Gasteiger charge is 2.25. The molecule has 0 radical (unpaired) electrons. The molecule has 0 saturated carbocycles. The second kappa shape index (κ2) is 8.95. The van der Waals surface area contributed by atoms with E-state index in [0.29, 0.717) is 12.0 Å². The van der Waals surface area contributed by atoms with E-state index in [1.807, 2.05) is 12.1 Å². The van der Waals surface area contributed by atoms with Gasteiger partial charge in [0.2, 0.25) is 5.91 Å². The zero-order chi connectivity index (χ0) is 19.1. The van der Waals surface area contributed by atoms with Gasteiger partial charge in [0, 0.05) is 18.5 Å². The number of nitrogens with one attached hydrogen (secondary N) is 3. The minimum absolute atomic E-state index is 0.00235. The molecule has 0 aromatic heterocycles. The maximum Gasteiger partial charge on any atom is 0.324 e. The number of nitrogens with zero attached hydrogens (tertiary/aromatic N) is 1. The zero-order valence-electron chi connectivity index (χ0n) is 14.7. The number of nitrogen functional groups attached to an aromatic ring is 1. The normalized spacial score (nSPS) is 17.0. The Morgan fingerprint density at radius 3 is 2.69 bits per heavy atom. The Bertz CT molecular complexity index is 702. The first kappa shape index (κ1) is 19.4. The largest absolute Gasteiger partial charge is 0.468 e. The molecule has 0 aliphatic carbocycles. The number of amidine groups is 1. The van der Waals surface area contributed by atoms with Crippen molar-refractivity contribution in [3.8, 4) is 0 Å². The summed E-state index contributed by atoms with van der Waals surface area (Å²) in [5, 5.41) is 16.9. The molecular weight excluding hydrogens is 338 g/mol. The minimum Gasteiger partial charge on any atom is -0.468 e. The fourth-order valence-corrected chi connectivity index (χ4v) is 2.49. The molecule has 1 aromatic carbocycles. The van der Waals surface area contributed by atoms with Gasteiger partial charge in [0.25, 0.3) is 0 Å². The van der Waals surface area contributed by atoms with Crippen LogP contribution in [0.1, 0.15) is 24.0 Å². The third-order valence-electron chi connectivity index (χ3n) is 4.01. The van der Waals surface area contributed by atoms with Crippen LogP contribution in [0.15, 0.2) is 29.4 Å². The minimum atomic E-state index is -0.597. The summed E-state index contributed by atoms with van der Waals surface area (Å²) in [6.07, 6.45) is 0.277. The molecule has 1 amide bonds. The topological polar surface area (TPSA) is 139 Å². The van der Waals surface area contributed by atoms with Crippen LogP contribution in [0, 0.1) is 5.41 Å². The molecule has 5 N–H and O–H groups in total. The standard InChI is InChI=1S/C17H23N5O4/c1-20-14(17(24)25-2)9-21-15(23)8-12-7-13(22-26-12)10-3-5-11(6-4-10)16(18)19/h3-6,12,14,20H,7-9H2,1-2H3,(H3,18,19)(H,21,23). The van der Waals surface area contributed by atoms with E-state index in [1.54, 1.807) is 19.2 Å². The van der Waals surface area contributed by atoms with Crippen molar-refractivity contribution in [1.82, 2.24) is 10.6 Å². The maximum absolute atomic E-state index is 12.0. The summed E-state index contributed by atoms with van der Waals surface area (Å²) < 4.78 is 4.64. The number of benzene rings is 1. The van der Waals surface area contributed by atoms with Crippen molar-refractivity contribution in [3.05, 3.63) is 35.4 Å². The monoisotopic (exact) mass is 361 g/mol. The molecule has 0 fully saturated rings. The van der Waals surface area contributed by atoms with Crippen molar-refractivity contribution in [1.29, 1.82) is 5.41 Å². The second-order valence-electron chi connectivity index (χ2n) is 5.83. The molecule has 0 spiro atoms. The smallest absolute Gasteiger partial charge is 0.324 e. The van der Waals surface area contributed by atoms with Gasteiger partial charge in [0.05, 0.1) is 19.2 Å². The van der Waals surface area contributed by atoms with E-state index >= 15 is 0 Å². The Kier molecular flexibility index (Phi) is 6.67. The first-order valence-electron chi connectivity index (χ1n) is 8.14. The quantitative estimate of drug-likeness (QED) is 0.286. The Labute approximate surface area is 151 Å². The Morgan fingerprint density at radius 2 is 2.12 bits per heavy atom. The van der Waals surface area contributed by atoms with Crippen LogP contribution in [0.5, 0.6) is 0 Å². The molecule has 9 heteroatoms. The van der Waals surface area contributed by atoms with Crippen LogP contribution < -0.4 is 16.4 Å². The molecule has 2 unspecified atom stereocenters. The van der Waals surface area contributed by atoms with Crippen molar-refractivity contribution < 1.29 is 19.2 Å². The molecular formula is C17H23N5O4. The van der Waals surface area contributed by atoms with E-state index in [4.69, 9.17) is 16.0 Å². The number of nitrogens with two attached hydrogens (primary N) is 1. The van der Waals surface area contributed by atoms with Gasteiger partial charge in [-0.15, -0.1) is 0 Å². The Balaban J connectivity index is 1.81. The average Bonchev–Trinajstić information content (AvgIpc) is 3.10. The van der Waals surface area contributed by atoms with Gasteiger partial charge in [-0.25, -0.2) is 0 Å². The molecule has 2 rings (SSSR count). The number of oxime groups is 1. The van der Waals surface area contributed by atoms with Gasteiger partial charge < -0.3 is 25.9 Å². The van der Waals surface area contributed by atoms with Crippen LogP contribution in [0.3, 0.4) is 0 Å². The predicted octanol–water partition coefficient (Wildman–Crippen LogP) is -0.269. The van der Waals surface area contributed by atoms with Crippen LogP contribution in [-0.2, 0) is 19.2 Å². The van der Waals surface area contributed by atoms with Crippen LogP contribution >= 0.6 is 0 Å². The van der Waals surface area contributed by atoms with Gasteiger partial charge >= 0.3 is 5.97 Å². The van der Waals surface area contributed by atoms with Crippen molar-refractivity contribution in [2.45, 2.75) is 25.0 Å². The lowest BCUT2D eigenvalue weighted by molar-refractivity contribution is -0.142. The van der Waals surface area contributed by atoms with E-state index in [1.165, 1.54) is 7.11 Å². The lowest BCUT2D eigenvalue weighted by atomic mass is 10.0. The maximum atomic E-state index is 12.0. The molecule has 1 aliphatic heterocycles. The highest BCUT2D eigenvalue weighted by Crippen LogP contribution is 2.19. The summed E-state index contributed by atoms with van der Waals surface area (Å²) in [6, 6.07) is 6.51. The number of likely N-dealkylation sites (N-methyl/N-ethyl adjacent to an activating group) is 1. The highest BCUT2D eigenvalue weighted by atomic mass is 16.6. The van der Waals surface area contributed by atoms with E-state index in [-0.39, 0.29) is 30.8 Å². The van der Waals surface area contributed by atoms with Gasteiger partial charge in [-0.3, -0.25) is 15.0 Å². The number of methoxy groups -OCH3 is 1. The third kappa shape index (κ3) is 5.03. The number of rotatable bonds is 8. The fraction of sp³-hybridized carbons (Fsp3) is 0.412. The van der Waals surface area contributed by atoms with Crippen molar-refractivity contribution in [3.63, 3.8) is 0 Å². The number of carbonyl (C=O) groups is 2. The number of hydrogen-bond donors (Lipinski definition) is 4. The second-order valence-corrected chi connectivity index (χ2v) is 5.83. The summed E-state index contributed by atoms with van der Waals surface area (Å²) in [5.41, 5.74) is 7.66. The molecule has 1 aliphatic rings. The molecule has 26 heavy (non-hydrogen) atoms. The third-order valence-corrected chi connectivity index (χ3v) is 4.01. The number of hydrogen-bond acceptors (Lipinski definition) is 7. The van der Waals surface area contributed by atoms with Crippen LogP contribution in [0.25, 0.3) is 0 Å². The van der Waals surface area contributed by atoms with Crippen molar-refractivity contribution in [2.24, 2.45) is 10.9 Å². The van der Waals surface area contributed by atoms with E-state index < -0.39 is 12.0 Å². The van der Waals surface area contributed by atoms with E-state index in [9.17, 15) is 9.59 Å². The molecule has 0 saturated heterocycles. The SMILES string of the molecule is CNC(CNC(=O)CC1CC(c2ccc(C(=N)N)cc2)=NO1)C(=O)OC. The molecule has 1 aromatic rings. The molecule has 1 heterocycles. The van der Waals surface area contributed by atoms with Crippen molar-refractivity contribution in [2.75, 3.05) is 20.7 Å². The lowest BCUT2D eigenvalue weighted by Crippen LogP contribution is -2.45. The average molecular weight is 361 g/mol. The molecule has 0 bridgehead atoms. The number of carbonyl (C=O) groups excluding carboxylic acids is 2. The van der Waals surface area contributed by atoms with Gasteiger partial charge in [-0.1, -0.05) is 29.4 Å². The summed E-state index contributed by atoms with van der Waals surface area (Å²) in [7, 11) is 2.91. The first-order valence-corrected chi connectivity index (χ1v) is 8.14. The zero-order valence-corrected chi connectivity index (χ0v) is 14.7. The highest BCUT2D eigenvalue weighted by molar-refractivity contribution is 6.02. The summed E-state index contributed by atoms with van der Waals surface area (Å²) >= 11 is 0. The van der Waals surface area contributed by atoms with Gasteiger partial charge in [0.15, 0.2) is 0 Å². The first-order chi connectivity index (χ1) is 12.4. The fourth-order valence-electron chi connectivity index (χ4n) is 2.49. The van der Waals surface area contributed by atoms with Gasteiger partial charge in [0.1, 0.15) is 18.0 Å². The number of amides is 1. The summed E-state index contributed by atoms with van der Waals surface area (Å²) in [6.45, 7) is 0.134. The predicted molar refractivity (Wildman–Crippen MR) is 96.0 cm³/mol. The molecule has 2 atom stereocenters.